The molecule has 2 heterocycles. The number of likely N-dealkylation sites (tertiary alicyclic amines) is 1. The molecular formula is C21H26ClN3O2. The van der Waals surface area contributed by atoms with Gasteiger partial charge in [-0.05, 0) is 55.5 Å². The molecule has 0 spiro atoms. The first-order valence-electron chi connectivity index (χ1n) is 9.42. The highest BCUT2D eigenvalue weighted by Gasteiger charge is 2.23. The van der Waals surface area contributed by atoms with Crippen molar-refractivity contribution in [3.05, 3.63) is 69.1 Å². The van der Waals surface area contributed by atoms with Gasteiger partial charge < -0.3 is 14.8 Å². The minimum atomic E-state index is -0.196. The van der Waals surface area contributed by atoms with E-state index in [4.69, 9.17) is 11.6 Å². The minimum Gasteiger partial charge on any atom is -0.341 e. The summed E-state index contributed by atoms with van der Waals surface area (Å²) in [4.78, 5) is 30.5. The zero-order chi connectivity index (χ0) is 19.2. The van der Waals surface area contributed by atoms with E-state index in [0.29, 0.717) is 11.5 Å². The topological polar surface area (TPSA) is 56.4 Å². The number of halogens is 1. The van der Waals surface area contributed by atoms with E-state index in [2.05, 4.69) is 22.0 Å². The number of H-pyrrole nitrogens is 1. The van der Waals surface area contributed by atoms with E-state index in [-0.39, 0.29) is 11.5 Å². The summed E-state index contributed by atoms with van der Waals surface area (Å²) >= 11 is 5.95. The van der Waals surface area contributed by atoms with Gasteiger partial charge in [0.2, 0.25) is 5.56 Å². The quantitative estimate of drug-likeness (QED) is 0.828. The second-order valence-electron chi connectivity index (χ2n) is 7.31. The largest absolute Gasteiger partial charge is 0.341 e. The van der Waals surface area contributed by atoms with Crippen LogP contribution in [0.1, 0.15) is 28.8 Å². The first-order valence-corrected chi connectivity index (χ1v) is 9.80. The Morgan fingerprint density at radius 2 is 2.04 bits per heavy atom. The number of aromatic nitrogens is 1. The van der Waals surface area contributed by atoms with Gasteiger partial charge in [-0.25, -0.2) is 0 Å². The standard InChI is InChI=1S/C21H26ClN3O2/c1-24(21(27)18-6-9-20(26)23-13-18)14-17-3-2-11-25(15-17)12-10-16-4-7-19(22)8-5-16/h4-9,13,17H,2-3,10-12,14-15H2,1H3,(H,23,26). The first-order chi connectivity index (χ1) is 13.0. The molecule has 1 aliphatic heterocycles. The number of piperidine rings is 1. The summed E-state index contributed by atoms with van der Waals surface area (Å²) in [5.41, 5.74) is 1.62. The summed E-state index contributed by atoms with van der Waals surface area (Å²) in [6, 6.07) is 11.0. The third kappa shape index (κ3) is 5.68. The van der Waals surface area contributed by atoms with E-state index < -0.39 is 0 Å². The van der Waals surface area contributed by atoms with Crippen molar-refractivity contribution in [3.63, 3.8) is 0 Å². The molecule has 1 amide bonds. The highest BCUT2D eigenvalue weighted by atomic mass is 35.5. The number of pyridine rings is 1. The second-order valence-corrected chi connectivity index (χ2v) is 7.75. The fraction of sp³-hybridized carbons (Fsp3) is 0.429. The normalized spacial score (nSPS) is 17.6. The number of carbonyl (C=O) groups is 1. The average Bonchev–Trinajstić information content (AvgIpc) is 2.68. The van der Waals surface area contributed by atoms with Gasteiger partial charge in [0.15, 0.2) is 0 Å². The molecule has 1 aromatic heterocycles. The summed E-state index contributed by atoms with van der Waals surface area (Å²) in [5, 5.41) is 0.770. The molecule has 27 heavy (non-hydrogen) atoms. The van der Waals surface area contributed by atoms with E-state index >= 15 is 0 Å². The predicted octanol–water partition coefficient (Wildman–Crippen LogP) is 3.06. The molecule has 1 saturated heterocycles. The Morgan fingerprint density at radius 1 is 1.26 bits per heavy atom. The van der Waals surface area contributed by atoms with Gasteiger partial charge in [0, 0.05) is 44.0 Å². The average molecular weight is 388 g/mol. The van der Waals surface area contributed by atoms with Gasteiger partial charge in [0.05, 0.1) is 5.56 Å². The molecule has 1 aromatic carbocycles. The van der Waals surface area contributed by atoms with Crippen LogP contribution in [0.3, 0.4) is 0 Å². The first kappa shape index (κ1) is 19.6. The number of amides is 1. The van der Waals surface area contributed by atoms with Crippen LogP contribution in [0.5, 0.6) is 0 Å². The number of aromatic amines is 1. The number of nitrogens with zero attached hydrogens (tertiary/aromatic N) is 2. The molecule has 0 radical (unpaired) electrons. The molecule has 144 valence electrons. The molecule has 1 N–H and O–H groups in total. The lowest BCUT2D eigenvalue weighted by Gasteiger charge is -2.34. The SMILES string of the molecule is CN(CC1CCCN(CCc2ccc(Cl)cc2)C1)C(=O)c1ccc(=O)[nH]c1. The Labute approximate surface area is 164 Å². The van der Waals surface area contributed by atoms with Gasteiger partial charge in [-0.3, -0.25) is 9.59 Å². The summed E-state index contributed by atoms with van der Waals surface area (Å²) in [7, 11) is 1.83. The summed E-state index contributed by atoms with van der Waals surface area (Å²) in [6.07, 6.45) is 4.79. The van der Waals surface area contributed by atoms with E-state index in [9.17, 15) is 9.59 Å². The Morgan fingerprint density at radius 3 is 2.74 bits per heavy atom. The van der Waals surface area contributed by atoms with Crippen LogP contribution in [0.2, 0.25) is 5.02 Å². The molecule has 1 fully saturated rings. The fourth-order valence-corrected chi connectivity index (χ4v) is 3.80. The number of carbonyl (C=O) groups excluding carboxylic acids is 1. The Kier molecular flexibility index (Phi) is 6.69. The van der Waals surface area contributed by atoms with Gasteiger partial charge in [-0.15, -0.1) is 0 Å². The maximum atomic E-state index is 12.5. The van der Waals surface area contributed by atoms with E-state index in [1.807, 2.05) is 19.2 Å². The molecule has 1 unspecified atom stereocenters. The number of hydrogen-bond acceptors (Lipinski definition) is 3. The highest BCUT2D eigenvalue weighted by Crippen LogP contribution is 2.19. The van der Waals surface area contributed by atoms with Crippen molar-refractivity contribution in [1.82, 2.24) is 14.8 Å². The van der Waals surface area contributed by atoms with Crippen molar-refractivity contribution in [3.8, 4) is 0 Å². The van der Waals surface area contributed by atoms with E-state index in [1.54, 1.807) is 11.0 Å². The number of benzene rings is 1. The van der Waals surface area contributed by atoms with Gasteiger partial charge in [0.25, 0.3) is 5.91 Å². The van der Waals surface area contributed by atoms with Crippen LogP contribution in [0.15, 0.2) is 47.4 Å². The van der Waals surface area contributed by atoms with Gasteiger partial charge in [-0.2, -0.15) is 0 Å². The van der Waals surface area contributed by atoms with Crippen molar-refractivity contribution >= 4 is 17.5 Å². The van der Waals surface area contributed by atoms with Crippen LogP contribution in [0, 0.1) is 5.92 Å². The van der Waals surface area contributed by atoms with Crippen LogP contribution in [-0.4, -0.2) is 53.9 Å². The smallest absolute Gasteiger partial charge is 0.255 e. The maximum absolute atomic E-state index is 12.5. The number of rotatable bonds is 6. The molecule has 1 atom stereocenters. The van der Waals surface area contributed by atoms with Crippen molar-refractivity contribution in [2.24, 2.45) is 5.92 Å². The molecule has 5 nitrogen and oxygen atoms in total. The highest BCUT2D eigenvalue weighted by molar-refractivity contribution is 6.30. The van der Waals surface area contributed by atoms with Crippen LogP contribution in [0.4, 0.5) is 0 Å². The van der Waals surface area contributed by atoms with Crippen molar-refractivity contribution < 1.29 is 4.79 Å². The molecule has 0 saturated carbocycles. The van der Waals surface area contributed by atoms with Crippen LogP contribution in [0.25, 0.3) is 0 Å². The monoisotopic (exact) mass is 387 g/mol. The van der Waals surface area contributed by atoms with Crippen LogP contribution < -0.4 is 5.56 Å². The van der Waals surface area contributed by atoms with Crippen LogP contribution >= 0.6 is 11.6 Å². The zero-order valence-electron chi connectivity index (χ0n) is 15.7. The lowest BCUT2D eigenvalue weighted by Crippen LogP contribution is -2.42. The molecule has 6 heteroatoms. The lowest BCUT2D eigenvalue weighted by atomic mass is 9.97. The Hall–Kier alpha value is -2.11. The van der Waals surface area contributed by atoms with E-state index in [1.165, 1.54) is 17.8 Å². The van der Waals surface area contributed by atoms with Crippen molar-refractivity contribution in [2.45, 2.75) is 19.3 Å². The van der Waals surface area contributed by atoms with Gasteiger partial charge in [-0.1, -0.05) is 23.7 Å². The zero-order valence-corrected chi connectivity index (χ0v) is 16.4. The summed E-state index contributed by atoms with van der Waals surface area (Å²) in [5.74, 6) is 0.421. The third-order valence-corrected chi connectivity index (χ3v) is 5.39. The van der Waals surface area contributed by atoms with Crippen LogP contribution in [-0.2, 0) is 6.42 Å². The lowest BCUT2D eigenvalue weighted by molar-refractivity contribution is 0.0730. The van der Waals surface area contributed by atoms with Gasteiger partial charge >= 0.3 is 0 Å². The predicted molar refractivity (Wildman–Crippen MR) is 108 cm³/mol. The van der Waals surface area contributed by atoms with Crippen molar-refractivity contribution in [2.75, 3.05) is 33.2 Å². The third-order valence-electron chi connectivity index (χ3n) is 5.14. The molecule has 0 aliphatic carbocycles. The summed E-state index contributed by atoms with van der Waals surface area (Å²) in [6.45, 7) is 3.88. The van der Waals surface area contributed by atoms with E-state index in [0.717, 1.165) is 50.5 Å². The second kappa shape index (κ2) is 9.20. The van der Waals surface area contributed by atoms with Crippen molar-refractivity contribution in [1.29, 1.82) is 0 Å². The molecular weight excluding hydrogens is 362 g/mol. The Bertz CT molecular complexity index is 798. The number of hydrogen-bond donors (Lipinski definition) is 1. The molecule has 1 aliphatic rings. The Balaban J connectivity index is 1.49. The molecule has 0 bridgehead atoms. The molecule has 3 rings (SSSR count). The number of nitrogens with one attached hydrogen (secondary N) is 1. The summed E-state index contributed by atoms with van der Waals surface area (Å²) < 4.78 is 0. The maximum Gasteiger partial charge on any atom is 0.255 e. The molecule has 2 aromatic rings. The minimum absolute atomic E-state index is 0.0514. The van der Waals surface area contributed by atoms with Gasteiger partial charge in [0.1, 0.15) is 0 Å². The fourth-order valence-electron chi connectivity index (χ4n) is 3.68.